The van der Waals surface area contributed by atoms with Gasteiger partial charge in [0, 0.05) is 12.8 Å². The smallest absolute Gasteiger partial charge is 0.150 e. The Morgan fingerprint density at radius 3 is 2.67 bits per heavy atom. The fourth-order valence-corrected chi connectivity index (χ4v) is 1.81. The summed E-state index contributed by atoms with van der Waals surface area (Å²) in [5.74, 6) is 1.35. The second-order valence-corrected chi connectivity index (χ2v) is 4.16. The zero-order chi connectivity index (χ0) is 13.1. The molecule has 1 aromatic heterocycles. The van der Waals surface area contributed by atoms with Gasteiger partial charge < -0.3 is 5.73 Å². The van der Waals surface area contributed by atoms with Gasteiger partial charge in [-0.15, -0.1) is 0 Å². The molecule has 0 bridgehead atoms. The molecule has 0 fully saturated rings. The van der Waals surface area contributed by atoms with Gasteiger partial charge >= 0.3 is 0 Å². The minimum absolute atomic E-state index is 0.169. The molecule has 2 rings (SSSR count). The number of aryl methyl sites for hydroxylation is 2. The van der Waals surface area contributed by atoms with Crippen LogP contribution in [0.2, 0.25) is 0 Å². The van der Waals surface area contributed by atoms with Gasteiger partial charge in [-0.2, -0.15) is 5.10 Å². The topological polar surface area (TPSA) is 56.7 Å². The molecular weight excluding hydrogens is 231 g/mol. The Bertz CT molecular complexity index is 548. The van der Waals surface area contributed by atoms with E-state index >= 15 is 0 Å². The molecule has 0 saturated carbocycles. The van der Waals surface area contributed by atoms with Crippen LogP contribution in [0.5, 0.6) is 0 Å². The maximum absolute atomic E-state index is 13.4. The van der Waals surface area contributed by atoms with Gasteiger partial charge in [-0.3, -0.25) is 0 Å². The van der Waals surface area contributed by atoms with Crippen LogP contribution in [-0.4, -0.2) is 14.8 Å². The number of nitrogens with two attached hydrogens (primary N) is 1. The van der Waals surface area contributed by atoms with Crippen LogP contribution in [0.1, 0.15) is 31.1 Å². The molecule has 96 valence electrons. The highest BCUT2D eigenvalue weighted by Crippen LogP contribution is 2.13. The van der Waals surface area contributed by atoms with E-state index < -0.39 is 0 Å². The van der Waals surface area contributed by atoms with Crippen LogP contribution in [0, 0.1) is 5.82 Å². The van der Waals surface area contributed by atoms with E-state index in [-0.39, 0.29) is 11.5 Å². The standard InChI is InChI=1S/C13H17FN4/c1-3-12-16-13(4-2)18(17-12)8-9-5-6-11(15)10(14)7-9/h5-7H,3-4,8,15H2,1-2H3. The van der Waals surface area contributed by atoms with E-state index in [2.05, 4.69) is 10.1 Å². The number of anilines is 1. The summed E-state index contributed by atoms with van der Waals surface area (Å²) in [5, 5.41) is 4.40. The maximum atomic E-state index is 13.4. The van der Waals surface area contributed by atoms with Crippen LogP contribution in [0.4, 0.5) is 10.1 Å². The number of nitrogen functional groups attached to an aromatic ring is 1. The van der Waals surface area contributed by atoms with Crippen molar-refractivity contribution in [3.63, 3.8) is 0 Å². The summed E-state index contributed by atoms with van der Waals surface area (Å²) in [5.41, 5.74) is 6.46. The third-order valence-electron chi connectivity index (χ3n) is 2.82. The second-order valence-electron chi connectivity index (χ2n) is 4.16. The van der Waals surface area contributed by atoms with Crippen LogP contribution in [-0.2, 0) is 19.4 Å². The molecule has 2 aromatic rings. The van der Waals surface area contributed by atoms with Crippen LogP contribution in [0.25, 0.3) is 0 Å². The molecule has 2 N–H and O–H groups in total. The maximum Gasteiger partial charge on any atom is 0.150 e. The molecule has 0 unspecified atom stereocenters. The van der Waals surface area contributed by atoms with Crippen molar-refractivity contribution in [3.05, 3.63) is 41.2 Å². The van der Waals surface area contributed by atoms with Crippen LogP contribution in [0.15, 0.2) is 18.2 Å². The molecule has 4 nitrogen and oxygen atoms in total. The van der Waals surface area contributed by atoms with Crippen molar-refractivity contribution in [1.29, 1.82) is 0 Å². The molecule has 1 aromatic carbocycles. The number of rotatable bonds is 4. The summed E-state index contributed by atoms with van der Waals surface area (Å²) >= 11 is 0. The van der Waals surface area contributed by atoms with Crippen LogP contribution < -0.4 is 5.73 Å². The number of benzene rings is 1. The van der Waals surface area contributed by atoms with E-state index in [1.165, 1.54) is 6.07 Å². The Morgan fingerprint density at radius 2 is 2.06 bits per heavy atom. The molecule has 5 heteroatoms. The summed E-state index contributed by atoms with van der Waals surface area (Å²) in [7, 11) is 0. The summed E-state index contributed by atoms with van der Waals surface area (Å²) in [6.07, 6.45) is 1.61. The first kappa shape index (κ1) is 12.5. The number of hydrogen-bond acceptors (Lipinski definition) is 3. The number of hydrogen-bond donors (Lipinski definition) is 1. The number of halogens is 1. The number of aromatic nitrogens is 3. The predicted octanol–water partition coefficient (Wildman–Crippen LogP) is 2.17. The highest BCUT2D eigenvalue weighted by atomic mass is 19.1. The minimum atomic E-state index is -0.388. The second kappa shape index (κ2) is 5.16. The quantitative estimate of drug-likeness (QED) is 0.844. The van der Waals surface area contributed by atoms with Gasteiger partial charge in [-0.05, 0) is 17.7 Å². The average molecular weight is 248 g/mol. The van der Waals surface area contributed by atoms with E-state index in [9.17, 15) is 4.39 Å². The van der Waals surface area contributed by atoms with Crippen molar-refractivity contribution >= 4 is 5.69 Å². The molecule has 18 heavy (non-hydrogen) atoms. The van der Waals surface area contributed by atoms with Gasteiger partial charge in [-0.1, -0.05) is 19.9 Å². The highest BCUT2D eigenvalue weighted by molar-refractivity contribution is 5.41. The van der Waals surface area contributed by atoms with Crippen molar-refractivity contribution < 1.29 is 4.39 Å². The predicted molar refractivity (Wildman–Crippen MR) is 68.7 cm³/mol. The molecule has 0 radical (unpaired) electrons. The van der Waals surface area contributed by atoms with Crippen molar-refractivity contribution in [1.82, 2.24) is 14.8 Å². The lowest BCUT2D eigenvalue weighted by molar-refractivity contribution is 0.613. The lowest BCUT2D eigenvalue weighted by Crippen LogP contribution is -2.07. The molecule has 1 heterocycles. The van der Waals surface area contributed by atoms with Crippen molar-refractivity contribution in [2.45, 2.75) is 33.2 Å². The Labute approximate surface area is 106 Å². The van der Waals surface area contributed by atoms with Gasteiger partial charge in [0.15, 0.2) is 5.82 Å². The fraction of sp³-hybridized carbons (Fsp3) is 0.385. The van der Waals surface area contributed by atoms with Crippen molar-refractivity contribution in [3.8, 4) is 0 Å². The van der Waals surface area contributed by atoms with E-state index in [4.69, 9.17) is 5.73 Å². The molecule has 0 saturated heterocycles. The summed E-state index contributed by atoms with van der Waals surface area (Å²) < 4.78 is 15.2. The first-order valence-electron chi connectivity index (χ1n) is 6.10. The minimum Gasteiger partial charge on any atom is -0.396 e. The highest BCUT2D eigenvalue weighted by Gasteiger charge is 2.08. The molecule has 0 spiro atoms. The Morgan fingerprint density at radius 1 is 1.28 bits per heavy atom. The monoisotopic (exact) mass is 248 g/mol. The molecule has 0 aliphatic carbocycles. The normalized spacial score (nSPS) is 10.8. The Balaban J connectivity index is 2.27. The van der Waals surface area contributed by atoms with E-state index in [1.54, 1.807) is 6.07 Å². The fourth-order valence-electron chi connectivity index (χ4n) is 1.81. The van der Waals surface area contributed by atoms with Gasteiger partial charge in [0.25, 0.3) is 0 Å². The van der Waals surface area contributed by atoms with Gasteiger partial charge in [0.05, 0.1) is 12.2 Å². The van der Waals surface area contributed by atoms with Crippen molar-refractivity contribution in [2.24, 2.45) is 0 Å². The van der Waals surface area contributed by atoms with Crippen LogP contribution >= 0.6 is 0 Å². The zero-order valence-electron chi connectivity index (χ0n) is 10.7. The number of nitrogens with zero attached hydrogens (tertiary/aromatic N) is 3. The lowest BCUT2D eigenvalue weighted by atomic mass is 10.2. The summed E-state index contributed by atoms with van der Waals surface area (Å²) in [6.45, 7) is 4.57. The van der Waals surface area contributed by atoms with Crippen molar-refractivity contribution in [2.75, 3.05) is 5.73 Å². The zero-order valence-corrected chi connectivity index (χ0v) is 10.7. The molecular formula is C13H17FN4. The van der Waals surface area contributed by atoms with E-state index in [0.717, 1.165) is 30.1 Å². The lowest BCUT2D eigenvalue weighted by Gasteiger charge is -2.05. The third-order valence-corrected chi connectivity index (χ3v) is 2.82. The largest absolute Gasteiger partial charge is 0.396 e. The molecule has 0 atom stereocenters. The van der Waals surface area contributed by atoms with Gasteiger partial charge in [0.1, 0.15) is 11.6 Å². The van der Waals surface area contributed by atoms with Gasteiger partial charge in [-0.25, -0.2) is 14.1 Å². The SMILES string of the molecule is CCc1nc(CC)n(Cc2ccc(N)c(F)c2)n1. The molecule has 0 amide bonds. The van der Waals surface area contributed by atoms with Gasteiger partial charge in [0.2, 0.25) is 0 Å². The third kappa shape index (κ3) is 2.50. The Kier molecular flexibility index (Phi) is 3.60. The van der Waals surface area contributed by atoms with E-state index in [0.29, 0.717) is 6.54 Å². The average Bonchev–Trinajstić information content (AvgIpc) is 2.76. The summed E-state index contributed by atoms with van der Waals surface area (Å²) in [6, 6.07) is 4.83. The summed E-state index contributed by atoms with van der Waals surface area (Å²) in [4.78, 5) is 4.42. The van der Waals surface area contributed by atoms with Crippen LogP contribution in [0.3, 0.4) is 0 Å². The Hall–Kier alpha value is -1.91. The molecule has 0 aliphatic rings. The first-order valence-corrected chi connectivity index (χ1v) is 6.10. The first-order chi connectivity index (χ1) is 8.63. The molecule has 0 aliphatic heterocycles. The van der Waals surface area contributed by atoms with E-state index in [1.807, 2.05) is 24.6 Å².